The van der Waals surface area contributed by atoms with E-state index in [-0.39, 0.29) is 0 Å². The third-order valence-electron chi connectivity index (χ3n) is 3.56. The molecule has 0 N–H and O–H groups in total. The van der Waals surface area contributed by atoms with Crippen LogP contribution in [0.4, 0.5) is 0 Å². The SMILES string of the molecule is C=C(C)c1ccc(C)c(C#Cc2cnc3n2N=CCC3)c1. The molecule has 0 atom stereocenters. The molecular weight excluding hydrogens is 258 g/mol. The molecule has 2 aromatic rings. The van der Waals surface area contributed by atoms with Crippen molar-refractivity contribution in [1.82, 2.24) is 9.66 Å². The van der Waals surface area contributed by atoms with E-state index in [2.05, 4.69) is 53.6 Å². The zero-order valence-corrected chi connectivity index (χ0v) is 12.3. The van der Waals surface area contributed by atoms with Gasteiger partial charge in [0.25, 0.3) is 0 Å². The number of hydrogen-bond donors (Lipinski definition) is 0. The summed E-state index contributed by atoms with van der Waals surface area (Å²) in [4.78, 5) is 4.37. The number of aromatic nitrogens is 2. The number of allylic oxidation sites excluding steroid dienone is 1. The number of fused-ring (bicyclic) bond motifs is 1. The van der Waals surface area contributed by atoms with Crippen molar-refractivity contribution in [3.63, 3.8) is 0 Å². The molecule has 1 aromatic heterocycles. The molecule has 3 heteroatoms. The lowest BCUT2D eigenvalue weighted by Crippen LogP contribution is -2.06. The van der Waals surface area contributed by atoms with Gasteiger partial charge in [-0.1, -0.05) is 30.2 Å². The van der Waals surface area contributed by atoms with E-state index in [1.807, 2.05) is 17.8 Å². The lowest BCUT2D eigenvalue weighted by atomic mass is 10.0. The molecule has 104 valence electrons. The van der Waals surface area contributed by atoms with Gasteiger partial charge in [0, 0.05) is 18.2 Å². The molecule has 0 amide bonds. The molecule has 1 aliphatic heterocycles. The zero-order valence-electron chi connectivity index (χ0n) is 12.3. The summed E-state index contributed by atoms with van der Waals surface area (Å²) < 4.78 is 1.83. The second-order valence-corrected chi connectivity index (χ2v) is 5.27. The fraction of sp³-hybridized carbons (Fsp3) is 0.222. The molecule has 0 saturated heterocycles. The van der Waals surface area contributed by atoms with Gasteiger partial charge in [-0.3, -0.25) is 0 Å². The van der Waals surface area contributed by atoms with Crippen LogP contribution in [0.15, 0.2) is 36.1 Å². The van der Waals surface area contributed by atoms with Gasteiger partial charge in [0.05, 0.1) is 6.20 Å². The van der Waals surface area contributed by atoms with Crippen LogP contribution in [0.25, 0.3) is 5.57 Å². The normalized spacial score (nSPS) is 12.5. The highest BCUT2D eigenvalue weighted by atomic mass is 15.4. The average molecular weight is 275 g/mol. The maximum absolute atomic E-state index is 4.37. The molecule has 21 heavy (non-hydrogen) atoms. The van der Waals surface area contributed by atoms with Crippen LogP contribution in [0.5, 0.6) is 0 Å². The van der Waals surface area contributed by atoms with Crippen molar-refractivity contribution in [2.45, 2.75) is 26.7 Å². The summed E-state index contributed by atoms with van der Waals surface area (Å²) in [7, 11) is 0. The van der Waals surface area contributed by atoms with E-state index in [0.717, 1.165) is 46.6 Å². The van der Waals surface area contributed by atoms with E-state index in [9.17, 15) is 0 Å². The summed E-state index contributed by atoms with van der Waals surface area (Å²) in [6.07, 6.45) is 5.58. The van der Waals surface area contributed by atoms with Gasteiger partial charge in [-0.2, -0.15) is 5.10 Å². The zero-order chi connectivity index (χ0) is 14.8. The minimum Gasteiger partial charge on any atom is -0.238 e. The van der Waals surface area contributed by atoms with Crippen molar-refractivity contribution in [2.75, 3.05) is 0 Å². The van der Waals surface area contributed by atoms with Crippen LogP contribution in [0.3, 0.4) is 0 Å². The molecule has 0 aliphatic carbocycles. The van der Waals surface area contributed by atoms with Gasteiger partial charge in [0.15, 0.2) is 0 Å². The van der Waals surface area contributed by atoms with Crippen LogP contribution in [0.2, 0.25) is 0 Å². The third-order valence-corrected chi connectivity index (χ3v) is 3.56. The van der Waals surface area contributed by atoms with E-state index in [4.69, 9.17) is 0 Å². The largest absolute Gasteiger partial charge is 0.238 e. The molecule has 0 radical (unpaired) electrons. The quantitative estimate of drug-likeness (QED) is 0.734. The Bertz CT molecular complexity index is 798. The second-order valence-electron chi connectivity index (χ2n) is 5.27. The molecule has 0 spiro atoms. The van der Waals surface area contributed by atoms with E-state index >= 15 is 0 Å². The highest BCUT2D eigenvalue weighted by molar-refractivity contribution is 5.64. The highest BCUT2D eigenvalue weighted by Crippen LogP contribution is 2.16. The van der Waals surface area contributed by atoms with E-state index < -0.39 is 0 Å². The predicted molar refractivity (Wildman–Crippen MR) is 86.3 cm³/mol. The van der Waals surface area contributed by atoms with Crippen LogP contribution in [0.1, 0.15) is 41.6 Å². The molecule has 3 nitrogen and oxygen atoms in total. The molecule has 1 aromatic carbocycles. The fourth-order valence-electron chi connectivity index (χ4n) is 2.26. The second kappa shape index (κ2) is 5.41. The Kier molecular flexibility index (Phi) is 3.45. The molecule has 1 aliphatic rings. The van der Waals surface area contributed by atoms with Crippen LogP contribution in [0, 0.1) is 18.8 Å². The summed E-state index contributed by atoms with van der Waals surface area (Å²) in [5.74, 6) is 7.40. The smallest absolute Gasteiger partial charge is 0.135 e. The minimum absolute atomic E-state index is 0.834. The van der Waals surface area contributed by atoms with Gasteiger partial charge in [-0.25, -0.2) is 9.66 Å². The van der Waals surface area contributed by atoms with Gasteiger partial charge < -0.3 is 0 Å². The van der Waals surface area contributed by atoms with Crippen molar-refractivity contribution in [3.05, 3.63) is 59.2 Å². The maximum atomic E-state index is 4.37. The number of rotatable bonds is 1. The Morgan fingerprint density at radius 2 is 2.19 bits per heavy atom. The number of nitrogens with zero attached hydrogens (tertiary/aromatic N) is 3. The van der Waals surface area contributed by atoms with Crippen LogP contribution in [-0.2, 0) is 6.42 Å². The van der Waals surface area contributed by atoms with Gasteiger partial charge in [-0.15, -0.1) is 0 Å². The summed E-state index contributed by atoms with van der Waals surface area (Å²) in [5.41, 5.74) is 5.18. The van der Waals surface area contributed by atoms with E-state index in [1.165, 1.54) is 0 Å². The Morgan fingerprint density at radius 1 is 1.33 bits per heavy atom. The first-order valence-corrected chi connectivity index (χ1v) is 7.03. The first-order valence-electron chi connectivity index (χ1n) is 7.03. The number of imidazole rings is 1. The molecule has 0 unspecified atom stereocenters. The molecular formula is C18H17N3. The van der Waals surface area contributed by atoms with Crippen molar-refractivity contribution in [2.24, 2.45) is 5.10 Å². The molecule has 2 heterocycles. The number of aryl methyl sites for hydroxylation is 2. The molecule has 0 fully saturated rings. The van der Waals surface area contributed by atoms with Crippen LogP contribution < -0.4 is 0 Å². The van der Waals surface area contributed by atoms with Gasteiger partial charge in [0.1, 0.15) is 11.5 Å². The summed E-state index contributed by atoms with van der Waals surface area (Å²) >= 11 is 0. The Morgan fingerprint density at radius 3 is 3.00 bits per heavy atom. The number of hydrogen-bond acceptors (Lipinski definition) is 2. The van der Waals surface area contributed by atoms with Crippen molar-refractivity contribution < 1.29 is 0 Å². The van der Waals surface area contributed by atoms with Gasteiger partial charge in [-0.05, 0) is 43.4 Å². The fourth-order valence-corrected chi connectivity index (χ4v) is 2.26. The summed E-state index contributed by atoms with van der Waals surface area (Å²) in [6, 6.07) is 6.24. The first-order chi connectivity index (χ1) is 10.1. The monoisotopic (exact) mass is 275 g/mol. The van der Waals surface area contributed by atoms with Crippen LogP contribution >= 0.6 is 0 Å². The predicted octanol–water partition coefficient (Wildman–Crippen LogP) is 3.40. The molecule has 3 rings (SSSR count). The molecule has 0 bridgehead atoms. The average Bonchev–Trinajstić information content (AvgIpc) is 2.89. The van der Waals surface area contributed by atoms with Crippen LogP contribution in [-0.4, -0.2) is 15.9 Å². The third kappa shape index (κ3) is 2.66. The van der Waals surface area contributed by atoms with Gasteiger partial charge in [0.2, 0.25) is 0 Å². The van der Waals surface area contributed by atoms with Crippen molar-refractivity contribution in [3.8, 4) is 11.8 Å². The van der Waals surface area contributed by atoms with E-state index in [0.29, 0.717) is 0 Å². The summed E-state index contributed by atoms with van der Waals surface area (Å²) in [6.45, 7) is 8.05. The lowest BCUT2D eigenvalue weighted by Gasteiger charge is -2.06. The lowest BCUT2D eigenvalue weighted by molar-refractivity contribution is 0.735. The Labute approximate surface area is 125 Å². The first kappa shape index (κ1) is 13.4. The maximum Gasteiger partial charge on any atom is 0.135 e. The standard InChI is InChI=1S/C18H17N3/c1-13(2)15-7-6-14(3)16(11-15)8-9-17-12-19-18-5-4-10-20-21(17)18/h6-7,10-12H,1,4-5H2,2-3H3. The Balaban J connectivity index is 1.99. The summed E-state index contributed by atoms with van der Waals surface area (Å²) in [5, 5.41) is 4.35. The Hall–Kier alpha value is -2.60. The topological polar surface area (TPSA) is 30.2 Å². The van der Waals surface area contributed by atoms with E-state index in [1.54, 1.807) is 6.20 Å². The minimum atomic E-state index is 0.834. The highest BCUT2D eigenvalue weighted by Gasteiger charge is 2.09. The van der Waals surface area contributed by atoms with Gasteiger partial charge >= 0.3 is 0 Å². The molecule has 0 saturated carbocycles. The van der Waals surface area contributed by atoms with Crippen molar-refractivity contribution >= 4 is 11.8 Å². The van der Waals surface area contributed by atoms with Crippen molar-refractivity contribution in [1.29, 1.82) is 0 Å². The number of benzene rings is 1.